The lowest BCUT2D eigenvalue weighted by Crippen LogP contribution is -2.47. The van der Waals surface area contributed by atoms with E-state index in [0.29, 0.717) is 11.7 Å². The van der Waals surface area contributed by atoms with Crippen molar-refractivity contribution in [1.29, 1.82) is 0 Å². The summed E-state index contributed by atoms with van der Waals surface area (Å²) in [6.07, 6.45) is 7.49. The maximum atomic E-state index is 12.0. The highest BCUT2D eigenvalue weighted by atomic mass is 16.2. The van der Waals surface area contributed by atoms with Crippen molar-refractivity contribution in [3.63, 3.8) is 0 Å². The molecule has 1 aliphatic heterocycles. The fourth-order valence-electron chi connectivity index (χ4n) is 2.81. The summed E-state index contributed by atoms with van der Waals surface area (Å²) in [6, 6.07) is 5.96. The van der Waals surface area contributed by atoms with E-state index in [4.69, 9.17) is 0 Å². The molecule has 0 radical (unpaired) electrons. The van der Waals surface area contributed by atoms with Crippen molar-refractivity contribution in [2.75, 3.05) is 36.0 Å². The Morgan fingerprint density at radius 1 is 1.00 bits per heavy atom. The van der Waals surface area contributed by atoms with E-state index in [0.717, 1.165) is 50.7 Å². The first kappa shape index (κ1) is 14.9. The molecule has 1 amide bonds. The Kier molecular flexibility index (Phi) is 3.98. The number of nitrogens with one attached hydrogen (secondary N) is 1. The summed E-state index contributed by atoms with van der Waals surface area (Å²) in [5, 5.41) is 2.96. The van der Waals surface area contributed by atoms with Gasteiger partial charge < -0.3 is 15.1 Å². The van der Waals surface area contributed by atoms with E-state index in [2.05, 4.69) is 30.1 Å². The maximum absolute atomic E-state index is 12.0. The lowest BCUT2D eigenvalue weighted by molar-refractivity contribution is 0.0946. The van der Waals surface area contributed by atoms with Crippen LogP contribution in [-0.2, 0) is 0 Å². The topological polar surface area (TPSA) is 74.2 Å². The number of aromatic nitrogens is 3. The number of piperazine rings is 1. The molecular weight excluding hydrogens is 304 g/mol. The number of carbonyl (C=O) groups excluding carboxylic acids is 1. The molecule has 7 heteroatoms. The van der Waals surface area contributed by atoms with Crippen molar-refractivity contribution in [2.45, 2.75) is 18.9 Å². The summed E-state index contributed by atoms with van der Waals surface area (Å²) in [5.41, 5.74) is 1.54. The van der Waals surface area contributed by atoms with Gasteiger partial charge in [-0.2, -0.15) is 0 Å². The molecule has 0 atom stereocenters. The van der Waals surface area contributed by atoms with Gasteiger partial charge in [0.15, 0.2) is 0 Å². The highest BCUT2D eigenvalue weighted by Gasteiger charge is 2.24. The Bertz CT molecular complexity index is 693. The monoisotopic (exact) mass is 324 g/mol. The van der Waals surface area contributed by atoms with Crippen LogP contribution in [0.15, 0.2) is 36.8 Å². The number of rotatable bonds is 4. The minimum atomic E-state index is -0.0740. The van der Waals surface area contributed by atoms with Gasteiger partial charge in [-0.1, -0.05) is 0 Å². The molecule has 1 saturated carbocycles. The van der Waals surface area contributed by atoms with Crippen LogP contribution in [0.3, 0.4) is 0 Å². The second-order valence-electron chi connectivity index (χ2n) is 6.17. The zero-order valence-corrected chi connectivity index (χ0v) is 13.4. The summed E-state index contributed by atoms with van der Waals surface area (Å²) in [5.74, 6) is 0.706. The van der Waals surface area contributed by atoms with Gasteiger partial charge in [0.25, 0.3) is 5.91 Å². The SMILES string of the molecule is O=C(NC1CC1)c1ccc(N2CCN(c3ncccn3)CC2)cn1. The summed E-state index contributed by atoms with van der Waals surface area (Å²) in [6.45, 7) is 3.50. The molecule has 0 spiro atoms. The van der Waals surface area contributed by atoms with E-state index in [1.807, 2.05) is 12.1 Å². The first-order chi connectivity index (χ1) is 11.8. The van der Waals surface area contributed by atoms with Gasteiger partial charge in [-0.15, -0.1) is 0 Å². The number of carbonyl (C=O) groups is 1. The highest BCUT2D eigenvalue weighted by Crippen LogP contribution is 2.20. The lowest BCUT2D eigenvalue weighted by Gasteiger charge is -2.35. The standard InChI is InChI=1S/C17H20N6O/c24-16(21-13-2-3-13)15-5-4-14(12-20-15)22-8-10-23(11-9-22)17-18-6-1-7-19-17/h1,4-7,12-13H,2-3,8-11H2,(H,21,24). The van der Waals surface area contributed by atoms with Crippen LogP contribution in [0.25, 0.3) is 0 Å². The van der Waals surface area contributed by atoms with Crippen molar-refractivity contribution in [3.05, 3.63) is 42.5 Å². The second-order valence-corrected chi connectivity index (χ2v) is 6.17. The fraction of sp³-hybridized carbons (Fsp3) is 0.412. The van der Waals surface area contributed by atoms with E-state index >= 15 is 0 Å². The zero-order chi connectivity index (χ0) is 16.4. The molecule has 2 aromatic heterocycles. The van der Waals surface area contributed by atoms with Crippen LogP contribution in [0.5, 0.6) is 0 Å². The van der Waals surface area contributed by atoms with Gasteiger partial charge in [-0.05, 0) is 31.0 Å². The average molecular weight is 324 g/mol. The lowest BCUT2D eigenvalue weighted by atomic mass is 10.2. The quantitative estimate of drug-likeness (QED) is 0.907. The van der Waals surface area contributed by atoms with Gasteiger partial charge in [0, 0.05) is 44.6 Å². The minimum Gasteiger partial charge on any atom is -0.367 e. The van der Waals surface area contributed by atoms with E-state index in [-0.39, 0.29) is 5.91 Å². The molecule has 0 unspecified atom stereocenters. The zero-order valence-electron chi connectivity index (χ0n) is 13.4. The van der Waals surface area contributed by atoms with Gasteiger partial charge in [0.1, 0.15) is 5.69 Å². The molecule has 2 aromatic rings. The number of pyridine rings is 1. The van der Waals surface area contributed by atoms with Crippen molar-refractivity contribution in [1.82, 2.24) is 20.3 Å². The summed E-state index contributed by atoms with van der Waals surface area (Å²) < 4.78 is 0. The number of nitrogens with zero attached hydrogens (tertiary/aromatic N) is 5. The first-order valence-electron chi connectivity index (χ1n) is 8.33. The van der Waals surface area contributed by atoms with E-state index in [1.54, 1.807) is 24.7 Å². The Hall–Kier alpha value is -2.70. The Labute approximate surface area is 140 Å². The molecular formula is C17H20N6O. The van der Waals surface area contributed by atoms with Crippen molar-refractivity contribution < 1.29 is 4.79 Å². The Morgan fingerprint density at radius 2 is 1.71 bits per heavy atom. The molecule has 7 nitrogen and oxygen atoms in total. The van der Waals surface area contributed by atoms with E-state index in [9.17, 15) is 4.79 Å². The summed E-state index contributed by atoms with van der Waals surface area (Å²) in [7, 11) is 0. The third-order valence-corrected chi connectivity index (χ3v) is 4.37. The molecule has 0 aromatic carbocycles. The second kappa shape index (κ2) is 6.43. The van der Waals surface area contributed by atoms with Gasteiger partial charge in [-0.25, -0.2) is 15.0 Å². The van der Waals surface area contributed by atoms with Crippen LogP contribution in [0.2, 0.25) is 0 Å². The normalized spacial score (nSPS) is 17.7. The van der Waals surface area contributed by atoms with Crippen LogP contribution in [0.1, 0.15) is 23.3 Å². The maximum Gasteiger partial charge on any atom is 0.270 e. The minimum absolute atomic E-state index is 0.0740. The third-order valence-electron chi connectivity index (χ3n) is 4.37. The van der Waals surface area contributed by atoms with Crippen LogP contribution in [-0.4, -0.2) is 53.1 Å². The molecule has 2 aliphatic rings. The molecule has 1 aliphatic carbocycles. The fourth-order valence-corrected chi connectivity index (χ4v) is 2.81. The van der Waals surface area contributed by atoms with Gasteiger partial charge in [-0.3, -0.25) is 4.79 Å². The van der Waals surface area contributed by atoms with Crippen LogP contribution in [0.4, 0.5) is 11.6 Å². The predicted molar refractivity (Wildman–Crippen MR) is 91.2 cm³/mol. The number of anilines is 2. The van der Waals surface area contributed by atoms with E-state index in [1.165, 1.54) is 0 Å². The van der Waals surface area contributed by atoms with Gasteiger partial charge in [0.2, 0.25) is 5.95 Å². The largest absolute Gasteiger partial charge is 0.367 e. The van der Waals surface area contributed by atoms with Crippen molar-refractivity contribution in [3.8, 4) is 0 Å². The highest BCUT2D eigenvalue weighted by molar-refractivity contribution is 5.92. The van der Waals surface area contributed by atoms with Crippen molar-refractivity contribution >= 4 is 17.5 Å². The number of hydrogen-bond acceptors (Lipinski definition) is 6. The van der Waals surface area contributed by atoms with Gasteiger partial charge in [0.05, 0.1) is 11.9 Å². The summed E-state index contributed by atoms with van der Waals surface area (Å²) in [4.78, 5) is 29.3. The Balaban J connectivity index is 1.36. The van der Waals surface area contributed by atoms with Crippen LogP contribution < -0.4 is 15.1 Å². The average Bonchev–Trinajstić information content (AvgIpc) is 3.47. The van der Waals surface area contributed by atoms with Gasteiger partial charge >= 0.3 is 0 Å². The molecule has 4 rings (SSSR count). The van der Waals surface area contributed by atoms with Crippen LogP contribution in [0, 0.1) is 0 Å². The molecule has 124 valence electrons. The summed E-state index contributed by atoms with van der Waals surface area (Å²) >= 11 is 0. The number of amides is 1. The smallest absolute Gasteiger partial charge is 0.270 e. The van der Waals surface area contributed by atoms with E-state index < -0.39 is 0 Å². The molecule has 0 bridgehead atoms. The first-order valence-corrected chi connectivity index (χ1v) is 8.33. The molecule has 1 N–H and O–H groups in total. The predicted octanol–water partition coefficient (Wildman–Crippen LogP) is 1.09. The molecule has 1 saturated heterocycles. The number of hydrogen-bond donors (Lipinski definition) is 1. The molecule has 2 fully saturated rings. The van der Waals surface area contributed by atoms with Crippen LogP contribution >= 0.6 is 0 Å². The third kappa shape index (κ3) is 3.29. The Morgan fingerprint density at radius 3 is 2.33 bits per heavy atom. The van der Waals surface area contributed by atoms with Crippen molar-refractivity contribution in [2.24, 2.45) is 0 Å². The molecule has 3 heterocycles. The molecule has 24 heavy (non-hydrogen) atoms.